The third kappa shape index (κ3) is 6.28. The summed E-state index contributed by atoms with van der Waals surface area (Å²) in [5, 5.41) is 2.88. The van der Waals surface area contributed by atoms with Crippen molar-refractivity contribution >= 4 is 37.6 Å². The highest BCUT2D eigenvalue weighted by molar-refractivity contribution is 7.89. The molecule has 1 fully saturated rings. The number of nitrogens with zero attached hydrogens (tertiary/aromatic N) is 1. The zero-order valence-electron chi connectivity index (χ0n) is 19.0. The molecule has 1 atom stereocenters. The van der Waals surface area contributed by atoms with Crippen LogP contribution in [-0.4, -0.2) is 60.3 Å². The minimum atomic E-state index is -3.83. The van der Waals surface area contributed by atoms with Gasteiger partial charge in [0.25, 0.3) is 0 Å². The average molecular weight is 530 g/mol. The number of hydrogen-bond donors (Lipinski definition) is 2. The monoisotopic (exact) mass is 529 g/mol. The van der Waals surface area contributed by atoms with Crippen LogP contribution in [0, 0.1) is 12.8 Å². The molecule has 1 amide bonds. The van der Waals surface area contributed by atoms with Crippen molar-refractivity contribution in [3.8, 4) is 5.75 Å². The number of nitrogens with one attached hydrogen (secondary N) is 2. The van der Waals surface area contributed by atoms with Gasteiger partial charge in [-0.3, -0.25) is 4.79 Å². The number of aryl methyl sites for hydroxylation is 1. The summed E-state index contributed by atoms with van der Waals surface area (Å²) in [6.45, 7) is 2.30. The van der Waals surface area contributed by atoms with E-state index in [0.717, 1.165) is 5.56 Å². The minimum Gasteiger partial charge on any atom is -0.495 e. The smallest absolute Gasteiger partial charge is 0.243 e. The highest BCUT2D eigenvalue weighted by Crippen LogP contribution is 2.30. The number of carbonyl (C=O) groups is 1. The summed E-state index contributed by atoms with van der Waals surface area (Å²) < 4.78 is 59.6. The minimum absolute atomic E-state index is 0.0149. The molecule has 3 rings (SSSR count). The van der Waals surface area contributed by atoms with Crippen molar-refractivity contribution in [1.82, 2.24) is 14.3 Å². The molecule has 0 spiro atoms. The number of piperidine rings is 1. The fourth-order valence-electron chi connectivity index (χ4n) is 3.65. The molecule has 12 heteroatoms. The quantitative estimate of drug-likeness (QED) is 0.480. The summed E-state index contributed by atoms with van der Waals surface area (Å²) in [4.78, 5) is 12.8. The molecular weight excluding hydrogens is 502 g/mol. The van der Waals surface area contributed by atoms with E-state index in [0.29, 0.717) is 25.1 Å². The van der Waals surface area contributed by atoms with E-state index < -0.39 is 26.0 Å². The molecule has 1 heterocycles. The van der Waals surface area contributed by atoms with Crippen molar-refractivity contribution < 1.29 is 26.4 Å². The first-order valence-electron chi connectivity index (χ1n) is 10.7. The molecule has 1 aliphatic rings. The van der Waals surface area contributed by atoms with Crippen molar-refractivity contribution in [3.63, 3.8) is 0 Å². The van der Waals surface area contributed by atoms with Crippen LogP contribution in [0.25, 0.3) is 0 Å². The number of ether oxygens (including phenoxy) is 1. The summed E-state index contributed by atoms with van der Waals surface area (Å²) in [5.74, 6) is -0.484. The molecule has 34 heavy (non-hydrogen) atoms. The van der Waals surface area contributed by atoms with Gasteiger partial charge in [0.2, 0.25) is 26.0 Å². The van der Waals surface area contributed by atoms with Gasteiger partial charge in [0.05, 0.1) is 27.8 Å². The SMILES string of the molecule is COc1ccc(S(=O)(=O)N2CCC[C@@H](C(=O)NCCNS(=O)(=O)c3ccc(C)cc3)C2)cc1Cl. The van der Waals surface area contributed by atoms with E-state index in [2.05, 4.69) is 10.0 Å². The van der Waals surface area contributed by atoms with Crippen LogP contribution in [0.15, 0.2) is 52.3 Å². The van der Waals surface area contributed by atoms with E-state index in [1.165, 1.54) is 41.7 Å². The van der Waals surface area contributed by atoms with E-state index in [9.17, 15) is 21.6 Å². The fourth-order valence-corrected chi connectivity index (χ4v) is 6.55. The molecule has 186 valence electrons. The number of carbonyl (C=O) groups excluding carboxylic acids is 1. The first-order valence-corrected chi connectivity index (χ1v) is 14.0. The standard InChI is InChI=1S/C22H28ClN3O6S2/c1-16-5-7-18(8-6-16)33(28,29)25-12-11-24-22(27)17-4-3-13-26(15-17)34(30,31)19-9-10-21(32-2)20(23)14-19/h5-10,14,17,25H,3-4,11-13,15H2,1-2H3,(H,24,27)/t17-/m1/s1. The van der Waals surface area contributed by atoms with E-state index in [-0.39, 0.29) is 40.4 Å². The molecule has 0 aromatic heterocycles. The summed E-state index contributed by atoms with van der Waals surface area (Å²) in [7, 11) is -6.07. The van der Waals surface area contributed by atoms with Gasteiger partial charge in [-0.05, 0) is 50.1 Å². The Balaban J connectivity index is 1.55. The van der Waals surface area contributed by atoms with Gasteiger partial charge < -0.3 is 10.1 Å². The van der Waals surface area contributed by atoms with E-state index in [1.807, 2.05) is 6.92 Å². The Kier molecular flexibility index (Phi) is 8.58. The molecule has 2 N–H and O–H groups in total. The van der Waals surface area contributed by atoms with Crippen LogP contribution in [0.4, 0.5) is 0 Å². The molecule has 0 aliphatic carbocycles. The zero-order valence-corrected chi connectivity index (χ0v) is 21.3. The molecule has 0 saturated carbocycles. The maximum absolute atomic E-state index is 13.1. The predicted octanol–water partition coefficient (Wildman–Crippen LogP) is 2.15. The second-order valence-electron chi connectivity index (χ2n) is 8.00. The number of benzene rings is 2. The van der Waals surface area contributed by atoms with Crippen molar-refractivity contribution in [2.24, 2.45) is 5.92 Å². The topological polar surface area (TPSA) is 122 Å². The highest BCUT2D eigenvalue weighted by Gasteiger charge is 2.33. The summed E-state index contributed by atoms with van der Waals surface area (Å²) in [5.41, 5.74) is 0.949. The van der Waals surface area contributed by atoms with Crippen LogP contribution in [0.5, 0.6) is 5.75 Å². The van der Waals surface area contributed by atoms with Gasteiger partial charge in [0.1, 0.15) is 5.75 Å². The molecule has 1 aliphatic heterocycles. The summed E-state index contributed by atoms with van der Waals surface area (Å²) in [6.07, 6.45) is 1.07. The Bertz CT molecular complexity index is 1230. The van der Waals surface area contributed by atoms with Crippen LogP contribution in [0.3, 0.4) is 0 Å². The molecule has 2 aromatic carbocycles. The van der Waals surface area contributed by atoms with Crippen molar-refractivity contribution in [2.75, 3.05) is 33.3 Å². The van der Waals surface area contributed by atoms with Crippen molar-refractivity contribution in [2.45, 2.75) is 29.6 Å². The van der Waals surface area contributed by atoms with Gasteiger partial charge in [0, 0.05) is 26.2 Å². The normalized spacial score (nSPS) is 17.3. The van der Waals surface area contributed by atoms with E-state index >= 15 is 0 Å². The van der Waals surface area contributed by atoms with E-state index in [1.54, 1.807) is 12.1 Å². The Labute approximate surface area is 205 Å². The van der Waals surface area contributed by atoms with Gasteiger partial charge in [-0.1, -0.05) is 29.3 Å². The number of hydrogen-bond acceptors (Lipinski definition) is 6. The van der Waals surface area contributed by atoms with Gasteiger partial charge in [-0.25, -0.2) is 21.6 Å². The number of methoxy groups -OCH3 is 1. The Morgan fingerprint density at radius 3 is 2.41 bits per heavy atom. The van der Waals surface area contributed by atoms with Gasteiger partial charge >= 0.3 is 0 Å². The van der Waals surface area contributed by atoms with Crippen molar-refractivity contribution in [3.05, 3.63) is 53.1 Å². The third-order valence-corrected chi connectivity index (χ3v) is 9.20. The molecule has 0 bridgehead atoms. The van der Waals surface area contributed by atoms with E-state index in [4.69, 9.17) is 16.3 Å². The lowest BCUT2D eigenvalue weighted by molar-refractivity contribution is -0.126. The molecule has 0 unspecified atom stereocenters. The maximum atomic E-state index is 13.1. The second-order valence-corrected chi connectivity index (χ2v) is 12.1. The first-order chi connectivity index (χ1) is 16.0. The lowest BCUT2D eigenvalue weighted by Gasteiger charge is -2.31. The first kappa shape index (κ1) is 26.4. The Morgan fingerprint density at radius 2 is 1.76 bits per heavy atom. The second kappa shape index (κ2) is 11.0. The Hall–Kier alpha value is -2.18. The molecular formula is C22H28ClN3O6S2. The average Bonchev–Trinajstić information content (AvgIpc) is 2.82. The molecule has 9 nitrogen and oxygen atoms in total. The third-order valence-electron chi connectivity index (χ3n) is 5.56. The molecule has 0 radical (unpaired) electrons. The van der Waals surface area contributed by atoms with Gasteiger partial charge in [0.15, 0.2) is 0 Å². The number of halogens is 1. The van der Waals surface area contributed by atoms with Gasteiger partial charge in [-0.15, -0.1) is 0 Å². The lowest BCUT2D eigenvalue weighted by atomic mass is 9.99. The van der Waals surface area contributed by atoms with Crippen LogP contribution in [-0.2, 0) is 24.8 Å². The maximum Gasteiger partial charge on any atom is 0.243 e. The van der Waals surface area contributed by atoms with Crippen LogP contribution >= 0.6 is 11.6 Å². The number of amides is 1. The summed E-state index contributed by atoms with van der Waals surface area (Å²) in [6, 6.07) is 10.7. The molecule has 2 aromatic rings. The van der Waals surface area contributed by atoms with Crippen LogP contribution < -0.4 is 14.8 Å². The van der Waals surface area contributed by atoms with Crippen LogP contribution in [0.1, 0.15) is 18.4 Å². The predicted molar refractivity (Wildman–Crippen MR) is 129 cm³/mol. The number of rotatable bonds is 9. The largest absolute Gasteiger partial charge is 0.495 e. The fraction of sp³-hybridized carbons (Fsp3) is 0.409. The van der Waals surface area contributed by atoms with Gasteiger partial charge in [-0.2, -0.15) is 4.31 Å². The number of sulfonamides is 2. The summed E-state index contributed by atoms with van der Waals surface area (Å²) >= 11 is 6.08. The van der Waals surface area contributed by atoms with Crippen LogP contribution in [0.2, 0.25) is 5.02 Å². The zero-order chi connectivity index (χ0) is 24.9. The molecule has 1 saturated heterocycles. The lowest BCUT2D eigenvalue weighted by Crippen LogP contribution is -2.46. The Morgan fingerprint density at radius 1 is 1.09 bits per heavy atom. The van der Waals surface area contributed by atoms with Crippen molar-refractivity contribution in [1.29, 1.82) is 0 Å². The highest BCUT2D eigenvalue weighted by atomic mass is 35.5.